The number of ketones is 1. The molecule has 192 valence electrons. The third-order valence-electron chi connectivity index (χ3n) is 6.24. The second kappa shape index (κ2) is 11.8. The monoisotopic (exact) mass is 501 g/mol. The van der Waals surface area contributed by atoms with Crippen molar-refractivity contribution < 1.29 is 28.9 Å². The summed E-state index contributed by atoms with van der Waals surface area (Å²) in [5.41, 5.74) is 3.39. The molecule has 1 amide bonds. The standard InChI is InChI=1S/C30H31NO6/c1-4-36-24-15-11-23(12-16-24)28(32)26-27(31(17-18-35-3)30(34)29(26)33)22-9-13-25(14-10-22)37-19-21-7-5-20(2)6-8-21/h5-16,27,32H,4,17-19H2,1-3H3/b28-26-. The molecule has 37 heavy (non-hydrogen) atoms. The van der Waals surface area contributed by atoms with Gasteiger partial charge in [-0.05, 0) is 61.4 Å². The molecule has 1 atom stereocenters. The van der Waals surface area contributed by atoms with Crippen molar-refractivity contribution in [1.29, 1.82) is 0 Å². The van der Waals surface area contributed by atoms with Gasteiger partial charge >= 0.3 is 0 Å². The molecule has 0 bridgehead atoms. The molecule has 1 saturated heterocycles. The van der Waals surface area contributed by atoms with E-state index in [1.165, 1.54) is 17.6 Å². The summed E-state index contributed by atoms with van der Waals surface area (Å²) in [7, 11) is 1.53. The van der Waals surface area contributed by atoms with E-state index in [1.54, 1.807) is 36.4 Å². The zero-order chi connectivity index (χ0) is 26.4. The van der Waals surface area contributed by atoms with Gasteiger partial charge in [0.15, 0.2) is 0 Å². The SMILES string of the molecule is CCOc1ccc(/C(O)=C2/C(=O)C(=O)N(CCOC)C2c2ccc(OCc3ccc(C)cc3)cc2)cc1. The number of likely N-dealkylation sites (tertiary alicyclic amines) is 1. The van der Waals surface area contributed by atoms with E-state index in [0.717, 1.165) is 5.56 Å². The van der Waals surface area contributed by atoms with Gasteiger partial charge in [0, 0.05) is 19.2 Å². The zero-order valence-electron chi connectivity index (χ0n) is 21.3. The number of nitrogens with zero attached hydrogens (tertiary/aromatic N) is 1. The van der Waals surface area contributed by atoms with E-state index in [1.807, 2.05) is 50.2 Å². The summed E-state index contributed by atoms with van der Waals surface area (Å²) in [6, 6.07) is 21.4. The number of amides is 1. The lowest BCUT2D eigenvalue weighted by atomic mass is 9.95. The second-order valence-electron chi connectivity index (χ2n) is 8.79. The fourth-order valence-electron chi connectivity index (χ4n) is 4.28. The van der Waals surface area contributed by atoms with Crippen molar-refractivity contribution in [3.05, 3.63) is 101 Å². The third kappa shape index (κ3) is 5.84. The van der Waals surface area contributed by atoms with Crippen molar-refractivity contribution in [2.75, 3.05) is 26.9 Å². The van der Waals surface area contributed by atoms with E-state index in [4.69, 9.17) is 14.2 Å². The van der Waals surface area contributed by atoms with Crippen LogP contribution in [0, 0.1) is 6.92 Å². The minimum atomic E-state index is -0.757. The van der Waals surface area contributed by atoms with Crippen LogP contribution in [0.3, 0.4) is 0 Å². The number of hydrogen-bond acceptors (Lipinski definition) is 6. The van der Waals surface area contributed by atoms with Crippen molar-refractivity contribution in [3.8, 4) is 11.5 Å². The Labute approximate surface area is 216 Å². The normalized spacial score (nSPS) is 16.7. The smallest absolute Gasteiger partial charge is 0.295 e. The van der Waals surface area contributed by atoms with E-state index in [9.17, 15) is 14.7 Å². The molecule has 3 aromatic carbocycles. The van der Waals surface area contributed by atoms with Crippen LogP contribution in [0.5, 0.6) is 11.5 Å². The quantitative estimate of drug-likeness (QED) is 0.238. The molecule has 0 aromatic heterocycles. The molecule has 1 aliphatic heterocycles. The van der Waals surface area contributed by atoms with E-state index >= 15 is 0 Å². The van der Waals surface area contributed by atoms with E-state index in [2.05, 4.69) is 0 Å². The molecule has 0 aliphatic carbocycles. The number of aliphatic hydroxyl groups excluding tert-OH is 1. The van der Waals surface area contributed by atoms with Crippen LogP contribution in [0.4, 0.5) is 0 Å². The minimum absolute atomic E-state index is 0.0404. The number of rotatable bonds is 10. The first-order valence-electron chi connectivity index (χ1n) is 12.2. The van der Waals surface area contributed by atoms with Gasteiger partial charge in [-0.2, -0.15) is 0 Å². The average Bonchev–Trinajstić information content (AvgIpc) is 3.17. The lowest BCUT2D eigenvalue weighted by Crippen LogP contribution is -2.32. The molecule has 7 heteroatoms. The molecule has 3 aromatic rings. The first-order valence-corrected chi connectivity index (χ1v) is 12.2. The Bertz CT molecular complexity index is 1260. The Hall–Kier alpha value is -4.10. The number of aryl methyl sites for hydroxylation is 1. The van der Waals surface area contributed by atoms with Crippen LogP contribution in [-0.4, -0.2) is 48.6 Å². The van der Waals surface area contributed by atoms with Crippen LogP contribution in [-0.2, 0) is 20.9 Å². The Kier molecular flexibility index (Phi) is 8.25. The summed E-state index contributed by atoms with van der Waals surface area (Å²) < 4.78 is 16.6. The lowest BCUT2D eigenvalue weighted by molar-refractivity contribution is -0.140. The van der Waals surface area contributed by atoms with Crippen LogP contribution in [0.2, 0.25) is 0 Å². The molecule has 1 fully saturated rings. The molecule has 1 unspecified atom stereocenters. The van der Waals surface area contributed by atoms with Gasteiger partial charge in [-0.3, -0.25) is 9.59 Å². The van der Waals surface area contributed by atoms with Crippen LogP contribution in [0.1, 0.15) is 35.2 Å². The molecule has 0 saturated carbocycles. The molecule has 4 rings (SSSR count). The number of Topliss-reactive ketones (excluding diaryl/α,β-unsaturated/α-hetero) is 1. The van der Waals surface area contributed by atoms with Gasteiger partial charge in [0.05, 0.1) is 24.8 Å². The van der Waals surface area contributed by atoms with Gasteiger partial charge in [0.1, 0.15) is 23.9 Å². The summed E-state index contributed by atoms with van der Waals surface area (Å²) in [5, 5.41) is 11.2. The maximum absolute atomic E-state index is 13.1. The fraction of sp³-hybridized carbons (Fsp3) is 0.267. The molecule has 1 aliphatic rings. The van der Waals surface area contributed by atoms with E-state index in [-0.39, 0.29) is 24.5 Å². The Morgan fingerprint density at radius 1 is 0.892 bits per heavy atom. The fourth-order valence-corrected chi connectivity index (χ4v) is 4.28. The maximum atomic E-state index is 13.1. The van der Waals surface area contributed by atoms with E-state index < -0.39 is 17.7 Å². The zero-order valence-corrected chi connectivity index (χ0v) is 21.3. The predicted octanol–water partition coefficient (Wildman–Crippen LogP) is 5.04. The van der Waals surface area contributed by atoms with Crippen molar-refractivity contribution in [3.63, 3.8) is 0 Å². The number of methoxy groups -OCH3 is 1. The van der Waals surface area contributed by atoms with Crippen molar-refractivity contribution >= 4 is 17.4 Å². The summed E-state index contributed by atoms with van der Waals surface area (Å²) in [6.07, 6.45) is 0. The number of carbonyl (C=O) groups is 2. The Morgan fingerprint density at radius 3 is 2.14 bits per heavy atom. The topological polar surface area (TPSA) is 85.3 Å². The minimum Gasteiger partial charge on any atom is -0.507 e. The highest BCUT2D eigenvalue weighted by molar-refractivity contribution is 6.46. The van der Waals surface area contributed by atoms with Crippen LogP contribution in [0.25, 0.3) is 5.76 Å². The summed E-state index contributed by atoms with van der Waals surface area (Å²) in [4.78, 5) is 27.5. The molecule has 1 N–H and O–H groups in total. The Balaban J connectivity index is 1.64. The first-order chi connectivity index (χ1) is 17.9. The van der Waals surface area contributed by atoms with Crippen molar-refractivity contribution in [2.24, 2.45) is 0 Å². The second-order valence-corrected chi connectivity index (χ2v) is 8.79. The molecule has 0 radical (unpaired) electrons. The van der Waals surface area contributed by atoms with Gasteiger partial charge in [-0.15, -0.1) is 0 Å². The Morgan fingerprint density at radius 2 is 1.51 bits per heavy atom. The average molecular weight is 502 g/mol. The number of ether oxygens (including phenoxy) is 3. The summed E-state index contributed by atoms with van der Waals surface area (Å²) >= 11 is 0. The predicted molar refractivity (Wildman–Crippen MR) is 140 cm³/mol. The largest absolute Gasteiger partial charge is 0.507 e. The summed E-state index contributed by atoms with van der Waals surface area (Å²) in [6.45, 7) is 5.31. The molecule has 1 heterocycles. The van der Waals surface area contributed by atoms with Crippen molar-refractivity contribution in [1.82, 2.24) is 4.90 Å². The number of aliphatic hydroxyl groups is 1. The molecular weight excluding hydrogens is 470 g/mol. The number of benzene rings is 3. The van der Waals surface area contributed by atoms with Gasteiger partial charge in [-0.25, -0.2) is 0 Å². The van der Waals surface area contributed by atoms with Gasteiger partial charge in [0.25, 0.3) is 11.7 Å². The molecule has 0 spiro atoms. The molecular formula is C30H31NO6. The van der Waals surface area contributed by atoms with Gasteiger partial charge < -0.3 is 24.2 Å². The summed E-state index contributed by atoms with van der Waals surface area (Å²) in [5.74, 6) is -0.325. The van der Waals surface area contributed by atoms with Crippen LogP contribution in [0.15, 0.2) is 78.4 Å². The number of carbonyl (C=O) groups excluding carboxylic acids is 2. The van der Waals surface area contributed by atoms with Crippen molar-refractivity contribution in [2.45, 2.75) is 26.5 Å². The highest BCUT2D eigenvalue weighted by Gasteiger charge is 2.45. The van der Waals surface area contributed by atoms with Crippen LogP contribution >= 0.6 is 0 Å². The highest BCUT2D eigenvalue weighted by Crippen LogP contribution is 2.39. The van der Waals surface area contributed by atoms with Crippen LogP contribution < -0.4 is 9.47 Å². The highest BCUT2D eigenvalue weighted by atomic mass is 16.5. The van der Waals surface area contributed by atoms with E-state index in [0.29, 0.717) is 35.8 Å². The lowest BCUT2D eigenvalue weighted by Gasteiger charge is -2.25. The number of hydrogen-bond donors (Lipinski definition) is 1. The third-order valence-corrected chi connectivity index (χ3v) is 6.24. The van der Waals surface area contributed by atoms with Gasteiger partial charge in [0.2, 0.25) is 0 Å². The maximum Gasteiger partial charge on any atom is 0.295 e. The molecule has 7 nitrogen and oxygen atoms in total. The first kappa shape index (κ1) is 26.0. The van der Waals surface area contributed by atoms with Gasteiger partial charge in [-0.1, -0.05) is 42.0 Å².